The molecule has 1 saturated carbocycles. The lowest BCUT2D eigenvalue weighted by Crippen LogP contribution is -2.45. The zero-order valence-electron chi connectivity index (χ0n) is 14.9. The predicted octanol–water partition coefficient (Wildman–Crippen LogP) is 3.19. The average Bonchev–Trinajstić information content (AvgIpc) is 3.00. The van der Waals surface area contributed by atoms with Crippen LogP contribution in [0.3, 0.4) is 0 Å². The summed E-state index contributed by atoms with van der Waals surface area (Å²) in [5, 5.41) is 4.03. The van der Waals surface area contributed by atoms with E-state index in [0.717, 1.165) is 29.3 Å². The number of ether oxygens (including phenoxy) is 1. The van der Waals surface area contributed by atoms with E-state index in [1.54, 1.807) is 0 Å². The Kier molecular flexibility index (Phi) is 5.41. The number of benzene rings is 1. The van der Waals surface area contributed by atoms with Crippen molar-refractivity contribution in [3.63, 3.8) is 0 Å². The van der Waals surface area contributed by atoms with E-state index in [0.29, 0.717) is 11.8 Å². The van der Waals surface area contributed by atoms with Crippen molar-refractivity contribution in [1.82, 2.24) is 10.3 Å². The molecule has 1 aliphatic rings. The van der Waals surface area contributed by atoms with E-state index < -0.39 is 0 Å². The number of para-hydroxylation sites is 1. The molecule has 0 spiro atoms. The van der Waals surface area contributed by atoms with Crippen molar-refractivity contribution in [3.05, 3.63) is 36.0 Å². The quantitative estimate of drug-likeness (QED) is 0.820. The van der Waals surface area contributed by atoms with Crippen LogP contribution in [0.15, 0.2) is 30.5 Å². The number of hydrogen-bond acceptors (Lipinski definition) is 3. The van der Waals surface area contributed by atoms with Gasteiger partial charge >= 0.3 is 5.97 Å². The monoisotopic (exact) mass is 342 g/mol. The minimum Gasteiger partial charge on any atom is -0.455 e. The van der Waals surface area contributed by atoms with Gasteiger partial charge in [-0.3, -0.25) is 9.59 Å². The van der Waals surface area contributed by atoms with Gasteiger partial charge < -0.3 is 15.0 Å². The van der Waals surface area contributed by atoms with Gasteiger partial charge in [0.25, 0.3) is 5.91 Å². The van der Waals surface area contributed by atoms with Gasteiger partial charge in [0.2, 0.25) is 0 Å². The molecular formula is C20H26N2O3. The van der Waals surface area contributed by atoms with E-state index in [2.05, 4.69) is 24.1 Å². The molecule has 0 radical (unpaired) electrons. The topological polar surface area (TPSA) is 71.2 Å². The summed E-state index contributed by atoms with van der Waals surface area (Å²) in [6, 6.07) is 7.99. The number of hydrogen-bond donors (Lipinski definition) is 2. The lowest BCUT2D eigenvalue weighted by molar-refractivity contribution is -0.148. The van der Waals surface area contributed by atoms with Gasteiger partial charge in [-0.2, -0.15) is 0 Å². The zero-order valence-corrected chi connectivity index (χ0v) is 14.9. The normalized spacial score (nSPS) is 23.4. The number of aromatic amines is 1. The highest BCUT2D eigenvalue weighted by Crippen LogP contribution is 2.29. The molecule has 25 heavy (non-hydrogen) atoms. The minimum atomic E-state index is -0.384. The van der Waals surface area contributed by atoms with Crippen LogP contribution in [-0.2, 0) is 20.7 Å². The first-order chi connectivity index (χ1) is 12.0. The summed E-state index contributed by atoms with van der Waals surface area (Å²) < 4.78 is 5.16. The Labute approximate surface area is 148 Å². The van der Waals surface area contributed by atoms with Gasteiger partial charge in [-0.05, 0) is 29.9 Å². The molecule has 3 rings (SSSR count). The third kappa shape index (κ3) is 4.21. The van der Waals surface area contributed by atoms with Gasteiger partial charge in [0, 0.05) is 23.1 Å². The van der Waals surface area contributed by atoms with Crippen molar-refractivity contribution in [1.29, 1.82) is 0 Å². The maximum atomic E-state index is 12.1. The third-order valence-electron chi connectivity index (χ3n) is 5.43. The summed E-state index contributed by atoms with van der Waals surface area (Å²) in [6.45, 7) is 4.20. The van der Waals surface area contributed by atoms with Gasteiger partial charge in [-0.15, -0.1) is 0 Å². The summed E-state index contributed by atoms with van der Waals surface area (Å²) in [4.78, 5) is 27.3. The molecule has 3 atom stereocenters. The third-order valence-corrected chi connectivity index (χ3v) is 5.43. The van der Waals surface area contributed by atoms with Gasteiger partial charge in [-0.25, -0.2) is 0 Å². The molecule has 1 aromatic heterocycles. The molecule has 5 heteroatoms. The highest BCUT2D eigenvalue weighted by Gasteiger charge is 2.28. The Balaban J connectivity index is 1.48. The average molecular weight is 342 g/mol. The molecule has 1 amide bonds. The molecule has 1 heterocycles. The van der Waals surface area contributed by atoms with Crippen LogP contribution in [0.2, 0.25) is 0 Å². The van der Waals surface area contributed by atoms with E-state index in [9.17, 15) is 9.59 Å². The predicted molar refractivity (Wildman–Crippen MR) is 97.1 cm³/mol. The molecule has 0 saturated heterocycles. The molecule has 0 aliphatic heterocycles. The minimum absolute atomic E-state index is 0.161. The number of aromatic nitrogens is 1. The Hall–Kier alpha value is -2.30. The van der Waals surface area contributed by atoms with E-state index in [4.69, 9.17) is 4.74 Å². The van der Waals surface area contributed by atoms with Crippen molar-refractivity contribution < 1.29 is 14.3 Å². The summed E-state index contributed by atoms with van der Waals surface area (Å²) in [5.41, 5.74) is 1.87. The Morgan fingerprint density at radius 2 is 2.04 bits per heavy atom. The van der Waals surface area contributed by atoms with Crippen molar-refractivity contribution in [3.8, 4) is 0 Å². The lowest BCUT2D eigenvalue weighted by atomic mass is 9.78. The first-order valence-corrected chi connectivity index (χ1v) is 9.04. The van der Waals surface area contributed by atoms with Crippen LogP contribution < -0.4 is 5.32 Å². The number of fused-ring (bicyclic) bond motifs is 1. The second-order valence-corrected chi connectivity index (χ2v) is 7.14. The number of carbonyl (C=O) groups is 2. The Bertz CT molecular complexity index is 752. The van der Waals surface area contributed by atoms with Crippen molar-refractivity contribution >= 4 is 22.8 Å². The first kappa shape index (κ1) is 17.5. The summed E-state index contributed by atoms with van der Waals surface area (Å²) >= 11 is 0. The second-order valence-electron chi connectivity index (χ2n) is 7.14. The van der Waals surface area contributed by atoms with Crippen LogP contribution in [0.1, 0.15) is 38.7 Å². The number of nitrogens with one attached hydrogen (secondary N) is 2. The van der Waals surface area contributed by atoms with Crippen molar-refractivity contribution in [2.75, 3.05) is 6.61 Å². The molecule has 2 aromatic rings. The van der Waals surface area contributed by atoms with Gasteiger partial charge in [-0.1, -0.05) is 44.9 Å². The van der Waals surface area contributed by atoms with Gasteiger partial charge in [0.1, 0.15) is 0 Å². The standard InChI is InChI=1S/C20H26N2O3/c1-13-6-5-9-17(14(13)2)22-19(23)12-25-20(24)10-15-11-21-18-8-4-3-7-16(15)18/h3-4,7-8,11,13-14,17,21H,5-6,9-10,12H2,1-2H3,(H,22,23)/t13-,14+,17+/m1/s1. The Morgan fingerprint density at radius 1 is 1.24 bits per heavy atom. The molecule has 1 fully saturated rings. The van der Waals surface area contributed by atoms with Crippen LogP contribution in [0.4, 0.5) is 0 Å². The number of rotatable bonds is 5. The Morgan fingerprint density at radius 3 is 2.88 bits per heavy atom. The second kappa shape index (κ2) is 7.72. The van der Waals surface area contributed by atoms with Crippen LogP contribution in [-0.4, -0.2) is 29.5 Å². The largest absolute Gasteiger partial charge is 0.455 e. The smallest absolute Gasteiger partial charge is 0.310 e. The van der Waals surface area contributed by atoms with Gasteiger partial charge in [0.05, 0.1) is 6.42 Å². The molecule has 2 N–H and O–H groups in total. The molecule has 1 aromatic carbocycles. The fraction of sp³-hybridized carbons (Fsp3) is 0.500. The molecule has 0 unspecified atom stereocenters. The highest BCUT2D eigenvalue weighted by molar-refractivity contribution is 5.88. The first-order valence-electron chi connectivity index (χ1n) is 9.04. The van der Waals surface area contributed by atoms with Crippen LogP contribution in [0.5, 0.6) is 0 Å². The van der Waals surface area contributed by atoms with Crippen LogP contribution >= 0.6 is 0 Å². The summed E-state index contributed by atoms with van der Waals surface area (Å²) in [6.07, 6.45) is 5.33. The molecule has 5 nitrogen and oxygen atoms in total. The number of amides is 1. The summed E-state index contributed by atoms with van der Waals surface area (Å²) in [5.74, 6) is 0.478. The molecule has 134 valence electrons. The van der Waals surface area contributed by atoms with Crippen LogP contribution in [0.25, 0.3) is 10.9 Å². The van der Waals surface area contributed by atoms with Crippen LogP contribution in [0, 0.1) is 11.8 Å². The fourth-order valence-electron chi connectivity index (χ4n) is 3.66. The lowest BCUT2D eigenvalue weighted by Gasteiger charge is -2.34. The number of H-pyrrole nitrogens is 1. The number of carbonyl (C=O) groups excluding carboxylic acids is 2. The van der Waals surface area contributed by atoms with E-state index in [-0.39, 0.29) is 30.9 Å². The molecular weight excluding hydrogens is 316 g/mol. The van der Waals surface area contributed by atoms with Crippen molar-refractivity contribution in [2.45, 2.75) is 45.6 Å². The fourth-order valence-corrected chi connectivity index (χ4v) is 3.66. The van der Waals surface area contributed by atoms with E-state index in [1.807, 2.05) is 30.5 Å². The zero-order chi connectivity index (χ0) is 17.8. The van der Waals surface area contributed by atoms with E-state index in [1.165, 1.54) is 6.42 Å². The maximum Gasteiger partial charge on any atom is 0.310 e. The molecule has 1 aliphatic carbocycles. The summed E-state index contributed by atoms with van der Waals surface area (Å²) in [7, 11) is 0. The van der Waals surface area contributed by atoms with E-state index >= 15 is 0 Å². The van der Waals surface area contributed by atoms with Crippen molar-refractivity contribution in [2.24, 2.45) is 11.8 Å². The van der Waals surface area contributed by atoms with Gasteiger partial charge in [0.15, 0.2) is 6.61 Å². The SMILES string of the molecule is C[C@H]1[C@H](C)CCC[C@@H]1NC(=O)COC(=O)Cc1c[nH]c2ccccc12. The molecule has 0 bridgehead atoms. The number of esters is 1. The maximum absolute atomic E-state index is 12.1. The highest BCUT2D eigenvalue weighted by atomic mass is 16.5.